The Kier molecular flexibility index (Phi) is 4.13. The Bertz CT molecular complexity index is 279. The van der Waals surface area contributed by atoms with E-state index in [-0.39, 0.29) is 6.61 Å². The molecule has 0 amide bonds. The SMILES string of the molecule is CCC([C]=O)Oc1ccc(CO)cc1. The fourth-order valence-electron chi connectivity index (χ4n) is 1.03. The van der Waals surface area contributed by atoms with Gasteiger partial charge < -0.3 is 9.84 Å². The Labute approximate surface area is 83.3 Å². The van der Waals surface area contributed by atoms with Gasteiger partial charge in [0.15, 0.2) is 6.10 Å². The van der Waals surface area contributed by atoms with Crippen molar-refractivity contribution in [1.82, 2.24) is 0 Å². The van der Waals surface area contributed by atoms with E-state index in [0.717, 1.165) is 5.56 Å². The molecular weight excluding hydrogens is 180 g/mol. The van der Waals surface area contributed by atoms with Gasteiger partial charge in [-0.2, -0.15) is 0 Å². The molecule has 1 atom stereocenters. The molecule has 14 heavy (non-hydrogen) atoms. The summed E-state index contributed by atoms with van der Waals surface area (Å²) in [6.45, 7) is 1.87. The van der Waals surface area contributed by atoms with Gasteiger partial charge in [0, 0.05) is 0 Å². The Morgan fingerprint density at radius 1 is 1.43 bits per heavy atom. The van der Waals surface area contributed by atoms with E-state index in [0.29, 0.717) is 12.2 Å². The fourth-order valence-corrected chi connectivity index (χ4v) is 1.03. The molecule has 0 bridgehead atoms. The third kappa shape index (κ3) is 2.85. The number of ether oxygens (including phenoxy) is 1. The first-order valence-corrected chi connectivity index (χ1v) is 4.54. The maximum atomic E-state index is 10.4. The van der Waals surface area contributed by atoms with E-state index in [9.17, 15) is 4.79 Å². The van der Waals surface area contributed by atoms with Gasteiger partial charge in [-0.3, -0.25) is 4.79 Å². The molecule has 0 aliphatic rings. The van der Waals surface area contributed by atoms with Crippen LogP contribution in [0.3, 0.4) is 0 Å². The quantitative estimate of drug-likeness (QED) is 0.769. The zero-order valence-corrected chi connectivity index (χ0v) is 8.06. The highest BCUT2D eigenvalue weighted by atomic mass is 16.5. The molecule has 1 N–H and O–H groups in total. The van der Waals surface area contributed by atoms with Crippen LogP contribution in [0.15, 0.2) is 24.3 Å². The molecule has 0 fully saturated rings. The van der Waals surface area contributed by atoms with Crippen LogP contribution in [0.25, 0.3) is 0 Å². The normalized spacial score (nSPS) is 12.1. The molecule has 3 nitrogen and oxygen atoms in total. The number of rotatable bonds is 5. The molecule has 3 heteroatoms. The van der Waals surface area contributed by atoms with Crippen LogP contribution in [-0.4, -0.2) is 17.5 Å². The largest absolute Gasteiger partial charge is 0.482 e. The average molecular weight is 193 g/mol. The summed E-state index contributed by atoms with van der Waals surface area (Å²) in [4.78, 5) is 10.4. The van der Waals surface area contributed by atoms with Crippen molar-refractivity contribution in [2.75, 3.05) is 0 Å². The molecule has 0 heterocycles. The van der Waals surface area contributed by atoms with Gasteiger partial charge in [0.1, 0.15) is 5.75 Å². The lowest BCUT2D eigenvalue weighted by Crippen LogP contribution is -2.16. The van der Waals surface area contributed by atoms with Crippen LogP contribution in [0.1, 0.15) is 18.9 Å². The Balaban J connectivity index is 2.63. The van der Waals surface area contributed by atoms with Crippen LogP contribution >= 0.6 is 0 Å². The molecule has 0 saturated heterocycles. The van der Waals surface area contributed by atoms with E-state index < -0.39 is 6.10 Å². The third-order valence-corrected chi connectivity index (χ3v) is 1.89. The maximum absolute atomic E-state index is 10.4. The maximum Gasteiger partial charge on any atom is 0.242 e. The number of carbonyl (C=O) groups excluding carboxylic acids is 1. The summed E-state index contributed by atoms with van der Waals surface area (Å²) in [7, 11) is 0. The minimum absolute atomic E-state index is 0.0112. The lowest BCUT2D eigenvalue weighted by Gasteiger charge is -2.10. The average Bonchev–Trinajstić information content (AvgIpc) is 2.26. The topological polar surface area (TPSA) is 46.5 Å². The minimum atomic E-state index is -0.505. The summed E-state index contributed by atoms with van der Waals surface area (Å²) in [5.41, 5.74) is 0.820. The number of benzene rings is 1. The molecule has 1 rings (SSSR count). The molecule has 0 aliphatic heterocycles. The number of aliphatic hydroxyl groups is 1. The zero-order chi connectivity index (χ0) is 10.4. The smallest absolute Gasteiger partial charge is 0.242 e. The van der Waals surface area contributed by atoms with Crippen LogP contribution in [-0.2, 0) is 11.4 Å². The van der Waals surface area contributed by atoms with Crippen molar-refractivity contribution in [2.24, 2.45) is 0 Å². The molecule has 1 unspecified atom stereocenters. The second-order valence-electron chi connectivity index (χ2n) is 2.93. The molecular formula is C11H13O3. The van der Waals surface area contributed by atoms with E-state index >= 15 is 0 Å². The predicted molar refractivity (Wildman–Crippen MR) is 52.8 cm³/mol. The number of hydrogen-bond acceptors (Lipinski definition) is 3. The molecule has 0 saturated carbocycles. The summed E-state index contributed by atoms with van der Waals surface area (Å²) in [6.07, 6.45) is 1.90. The van der Waals surface area contributed by atoms with Gasteiger partial charge in [0.05, 0.1) is 6.61 Å². The Morgan fingerprint density at radius 3 is 2.50 bits per heavy atom. The van der Waals surface area contributed by atoms with Gasteiger partial charge in [-0.1, -0.05) is 19.1 Å². The first kappa shape index (κ1) is 10.7. The molecule has 1 aromatic rings. The zero-order valence-electron chi connectivity index (χ0n) is 8.06. The molecule has 0 spiro atoms. The number of aliphatic hydroxyl groups excluding tert-OH is 1. The van der Waals surface area contributed by atoms with Crippen molar-refractivity contribution in [1.29, 1.82) is 0 Å². The standard InChI is InChI=1S/C11H13O3/c1-2-10(8-13)14-11-5-3-9(7-12)4-6-11/h3-6,10,12H,2,7H2,1H3. The summed E-state index contributed by atoms with van der Waals surface area (Å²) < 4.78 is 5.31. The van der Waals surface area contributed by atoms with Crippen LogP contribution in [0, 0.1) is 0 Å². The van der Waals surface area contributed by atoms with Gasteiger partial charge in [0.25, 0.3) is 0 Å². The van der Waals surface area contributed by atoms with Gasteiger partial charge in [-0.25, -0.2) is 0 Å². The second kappa shape index (κ2) is 5.40. The Hall–Kier alpha value is -1.35. The lowest BCUT2D eigenvalue weighted by atomic mass is 10.2. The minimum Gasteiger partial charge on any atom is -0.482 e. The summed E-state index contributed by atoms with van der Waals surface area (Å²) >= 11 is 0. The van der Waals surface area contributed by atoms with Gasteiger partial charge in [-0.05, 0) is 24.1 Å². The van der Waals surface area contributed by atoms with Gasteiger partial charge in [0.2, 0.25) is 6.29 Å². The first-order chi connectivity index (χ1) is 6.80. The van der Waals surface area contributed by atoms with Crippen molar-refractivity contribution in [3.05, 3.63) is 29.8 Å². The van der Waals surface area contributed by atoms with Gasteiger partial charge in [-0.15, -0.1) is 0 Å². The molecule has 0 aliphatic carbocycles. The van der Waals surface area contributed by atoms with E-state index in [1.807, 2.05) is 13.2 Å². The lowest BCUT2D eigenvalue weighted by molar-refractivity contribution is 0.254. The van der Waals surface area contributed by atoms with E-state index in [1.54, 1.807) is 24.3 Å². The summed E-state index contributed by atoms with van der Waals surface area (Å²) in [5.74, 6) is 0.623. The molecule has 75 valence electrons. The van der Waals surface area contributed by atoms with Crippen molar-refractivity contribution >= 4 is 6.29 Å². The highest BCUT2D eigenvalue weighted by Gasteiger charge is 2.06. The van der Waals surface area contributed by atoms with Crippen LogP contribution in [0.5, 0.6) is 5.75 Å². The molecule has 0 aromatic heterocycles. The summed E-state index contributed by atoms with van der Waals surface area (Å²) in [5, 5.41) is 8.80. The van der Waals surface area contributed by atoms with E-state index in [1.165, 1.54) is 0 Å². The molecule has 1 radical (unpaired) electrons. The van der Waals surface area contributed by atoms with Gasteiger partial charge >= 0.3 is 0 Å². The summed E-state index contributed by atoms with van der Waals surface area (Å²) in [6, 6.07) is 6.97. The van der Waals surface area contributed by atoms with Crippen molar-refractivity contribution in [2.45, 2.75) is 26.1 Å². The third-order valence-electron chi connectivity index (χ3n) is 1.89. The van der Waals surface area contributed by atoms with E-state index in [4.69, 9.17) is 9.84 Å². The van der Waals surface area contributed by atoms with E-state index in [2.05, 4.69) is 0 Å². The first-order valence-electron chi connectivity index (χ1n) is 4.54. The predicted octanol–water partition coefficient (Wildman–Crippen LogP) is 1.45. The fraction of sp³-hybridized carbons (Fsp3) is 0.364. The highest BCUT2D eigenvalue weighted by molar-refractivity contribution is 5.57. The van der Waals surface area contributed by atoms with Crippen molar-refractivity contribution in [3.8, 4) is 5.75 Å². The van der Waals surface area contributed by atoms with Crippen LogP contribution in [0.2, 0.25) is 0 Å². The Morgan fingerprint density at radius 2 is 2.07 bits per heavy atom. The monoisotopic (exact) mass is 193 g/mol. The van der Waals surface area contributed by atoms with Crippen molar-refractivity contribution < 1.29 is 14.6 Å². The second-order valence-corrected chi connectivity index (χ2v) is 2.93. The number of hydrogen-bond donors (Lipinski definition) is 1. The highest BCUT2D eigenvalue weighted by Crippen LogP contribution is 2.14. The molecule has 1 aromatic carbocycles. The van der Waals surface area contributed by atoms with Crippen LogP contribution < -0.4 is 4.74 Å². The van der Waals surface area contributed by atoms with Crippen molar-refractivity contribution in [3.63, 3.8) is 0 Å². The van der Waals surface area contributed by atoms with Crippen LogP contribution in [0.4, 0.5) is 0 Å².